The van der Waals surface area contributed by atoms with Crippen LogP contribution < -0.4 is 5.32 Å². The number of hydrogen-bond donors (Lipinski definition) is 1. The lowest BCUT2D eigenvalue weighted by Crippen LogP contribution is -2.16. The van der Waals surface area contributed by atoms with E-state index in [0.717, 1.165) is 0 Å². The molecule has 102 valence electrons. The van der Waals surface area contributed by atoms with Gasteiger partial charge < -0.3 is 5.32 Å². The van der Waals surface area contributed by atoms with Gasteiger partial charge in [0, 0.05) is 0 Å². The smallest absolute Gasteiger partial charge is 0.321 e. The summed E-state index contributed by atoms with van der Waals surface area (Å²) in [6.07, 6.45) is -5.80. The summed E-state index contributed by atoms with van der Waals surface area (Å²) in [5, 5.41) is 9.10. The van der Waals surface area contributed by atoms with Crippen LogP contribution in [-0.2, 0) is 11.0 Å². The quantitative estimate of drug-likeness (QED) is 0.671. The second-order valence-electron chi connectivity index (χ2n) is 3.29. The van der Waals surface area contributed by atoms with E-state index < -0.39 is 46.4 Å². The Morgan fingerprint density at radius 1 is 1.37 bits per heavy atom. The van der Waals surface area contributed by atoms with Crippen LogP contribution in [0.2, 0.25) is 5.02 Å². The number of rotatable bonds is 2. The topological polar surface area (TPSA) is 52.9 Å². The van der Waals surface area contributed by atoms with Crippen molar-refractivity contribution >= 4 is 23.2 Å². The molecule has 3 nitrogen and oxygen atoms in total. The molecule has 0 aliphatic carbocycles. The molecule has 0 atom stereocenters. The number of halogens is 6. The van der Waals surface area contributed by atoms with Gasteiger partial charge in [-0.1, -0.05) is 11.6 Å². The molecular weight excluding hydrogens is 295 g/mol. The Morgan fingerprint density at radius 3 is 2.42 bits per heavy atom. The molecule has 0 aliphatic heterocycles. The molecule has 0 spiro atoms. The van der Waals surface area contributed by atoms with Gasteiger partial charge in [-0.3, -0.25) is 4.79 Å². The molecule has 0 aromatic heterocycles. The average molecular weight is 299 g/mol. The largest absolute Gasteiger partial charge is 0.419 e. The summed E-state index contributed by atoms with van der Waals surface area (Å²) >= 11 is 5.35. The molecule has 1 aromatic rings. The lowest BCUT2D eigenvalue weighted by molar-refractivity contribution is -0.140. The van der Waals surface area contributed by atoms with Crippen molar-refractivity contribution in [3.63, 3.8) is 0 Å². The molecular formula is C10H4ClF5N2O. The first kappa shape index (κ1) is 15.2. The normalized spacial score (nSPS) is 11.0. The SMILES string of the molecule is N#CCC(=O)Nc1c(Cl)cc(C(F)(F)F)c(F)c1F. The Hall–Kier alpha value is -1.88. The molecule has 1 aromatic carbocycles. The highest BCUT2D eigenvalue weighted by Gasteiger charge is 2.37. The monoisotopic (exact) mass is 298 g/mol. The Bertz CT molecular complexity index is 565. The van der Waals surface area contributed by atoms with Crippen LogP contribution in [0, 0.1) is 23.0 Å². The van der Waals surface area contributed by atoms with Crippen molar-refractivity contribution in [1.82, 2.24) is 0 Å². The molecule has 9 heteroatoms. The second-order valence-corrected chi connectivity index (χ2v) is 3.70. The molecule has 0 bridgehead atoms. The van der Waals surface area contributed by atoms with Crippen molar-refractivity contribution in [2.24, 2.45) is 0 Å². The molecule has 0 aliphatic rings. The minimum atomic E-state index is -5.12. The average Bonchev–Trinajstić information content (AvgIpc) is 2.28. The predicted molar refractivity (Wildman–Crippen MR) is 55.2 cm³/mol. The lowest BCUT2D eigenvalue weighted by atomic mass is 10.1. The first-order chi connectivity index (χ1) is 8.68. The minimum absolute atomic E-state index is 0.155. The highest BCUT2D eigenvalue weighted by Crippen LogP contribution is 2.38. The van der Waals surface area contributed by atoms with Crippen molar-refractivity contribution < 1.29 is 26.7 Å². The Labute approximate surface area is 108 Å². The number of nitrogens with zero attached hydrogens (tertiary/aromatic N) is 1. The number of benzene rings is 1. The van der Waals surface area contributed by atoms with E-state index in [1.165, 1.54) is 6.07 Å². The molecule has 0 heterocycles. The van der Waals surface area contributed by atoms with E-state index in [4.69, 9.17) is 16.9 Å². The maximum Gasteiger partial charge on any atom is 0.419 e. The molecule has 1 rings (SSSR count). The van der Waals surface area contributed by atoms with E-state index in [1.807, 2.05) is 0 Å². The van der Waals surface area contributed by atoms with Gasteiger partial charge in [0.25, 0.3) is 0 Å². The molecule has 0 saturated heterocycles. The fraction of sp³-hybridized carbons (Fsp3) is 0.200. The third-order valence-electron chi connectivity index (χ3n) is 1.97. The van der Waals surface area contributed by atoms with Gasteiger partial charge in [0.15, 0.2) is 11.6 Å². The molecule has 0 radical (unpaired) electrons. The van der Waals surface area contributed by atoms with Gasteiger partial charge in [0.05, 0.1) is 22.3 Å². The number of hydrogen-bond acceptors (Lipinski definition) is 2. The Morgan fingerprint density at radius 2 is 1.95 bits per heavy atom. The fourth-order valence-corrected chi connectivity index (χ4v) is 1.41. The van der Waals surface area contributed by atoms with E-state index in [2.05, 4.69) is 0 Å². The van der Waals surface area contributed by atoms with Crippen molar-refractivity contribution in [1.29, 1.82) is 5.26 Å². The van der Waals surface area contributed by atoms with Gasteiger partial charge in [-0.2, -0.15) is 18.4 Å². The zero-order valence-corrected chi connectivity index (χ0v) is 9.66. The predicted octanol–water partition coefficient (Wildman–Crippen LogP) is 3.49. The van der Waals surface area contributed by atoms with Gasteiger partial charge >= 0.3 is 6.18 Å². The summed E-state index contributed by atoms with van der Waals surface area (Å²) in [7, 11) is 0. The van der Waals surface area contributed by atoms with Crippen molar-refractivity contribution in [2.45, 2.75) is 12.6 Å². The molecule has 1 amide bonds. The van der Waals surface area contributed by atoms with E-state index in [1.54, 1.807) is 5.32 Å². The van der Waals surface area contributed by atoms with Crippen LogP contribution in [0.15, 0.2) is 6.07 Å². The summed E-state index contributed by atoms with van der Waals surface area (Å²) in [5.74, 6) is -5.14. The van der Waals surface area contributed by atoms with E-state index in [9.17, 15) is 26.7 Å². The van der Waals surface area contributed by atoms with Gasteiger partial charge in [-0.05, 0) is 6.07 Å². The summed E-state index contributed by atoms with van der Waals surface area (Å²) < 4.78 is 63.6. The molecule has 0 fully saturated rings. The van der Waals surface area contributed by atoms with Crippen LogP contribution in [0.3, 0.4) is 0 Å². The summed E-state index contributed by atoms with van der Waals surface area (Å²) in [6.45, 7) is 0. The molecule has 19 heavy (non-hydrogen) atoms. The highest BCUT2D eigenvalue weighted by atomic mass is 35.5. The molecule has 0 saturated carbocycles. The number of alkyl halides is 3. The van der Waals surface area contributed by atoms with Gasteiger partial charge in [0.1, 0.15) is 6.42 Å². The van der Waals surface area contributed by atoms with Gasteiger partial charge in [-0.15, -0.1) is 0 Å². The third-order valence-corrected chi connectivity index (χ3v) is 2.27. The van der Waals surface area contributed by atoms with Crippen LogP contribution >= 0.6 is 11.6 Å². The van der Waals surface area contributed by atoms with Crippen LogP contribution in [0.1, 0.15) is 12.0 Å². The molecule has 0 unspecified atom stereocenters. The van der Waals surface area contributed by atoms with E-state index in [-0.39, 0.29) is 6.07 Å². The zero-order chi connectivity index (χ0) is 14.8. The number of nitriles is 1. The van der Waals surface area contributed by atoms with Crippen molar-refractivity contribution in [3.05, 3.63) is 28.3 Å². The minimum Gasteiger partial charge on any atom is -0.321 e. The lowest BCUT2D eigenvalue weighted by Gasteiger charge is -2.13. The number of nitrogens with one attached hydrogen (secondary N) is 1. The summed E-state index contributed by atoms with van der Waals surface area (Å²) in [4.78, 5) is 11.0. The van der Waals surface area contributed by atoms with Crippen LogP contribution in [-0.4, -0.2) is 5.91 Å². The third kappa shape index (κ3) is 3.32. The van der Waals surface area contributed by atoms with E-state index in [0.29, 0.717) is 0 Å². The maximum atomic E-state index is 13.4. The summed E-state index contributed by atoms with van der Waals surface area (Å²) in [5.41, 5.74) is -2.82. The fourth-order valence-electron chi connectivity index (χ4n) is 1.17. The Balaban J connectivity index is 3.28. The maximum absolute atomic E-state index is 13.4. The van der Waals surface area contributed by atoms with E-state index >= 15 is 0 Å². The Kier molecular flexibility index (Phi) is 4.32. The first-order valence-electron chi connectivity index (χ1n) is 4.60. The van der Waals surface area contributed by atoms with Gasteiger partial charge in [-0.25, -0.2) is 8.78 Å². The second kappa shape index (κ2) is 5.40. The number of carbonyl (C=O) groups excluding carboxylic acids is 1. The zero-order valence-electron chi connectivity index (χ0n) is 8.91. The first-order valence-corrected chi connectivity index (χ1v) is 4.97. The van der Waals surface area contributed by atoms with Crippen molar-refractivity contribution in [2.75, 3.05) is 5.32 Å². The van der Waals surface area contributed by atoms with Crippen LogP contribution in [0.25, 0.3) is 0 Å². The van der Waals surface area contributed by atoms with Crippen molar-refractivity contribution in [3.8, 4) is 6.07 Å². The number of amides is 1. The highest BCUT2D eigenvalue weighted by molar-refractivity contribution is 6.33. The van der Waals surface area contributed by atoms with Gasteiger partial charge in [0.2, 0.25) is 5.91 Å². The van der Waals surface area contributed by atoms with Crippen LogP contribution in [0.5, 0.6) is 0 Å². The molecule has 1 N–H and O–H groups in total. The van der Waals surface area contributed by atoms with Crippen LogP contribution in [0.4, 0.5) is 27.6 Å². The summed E-state index contributed by atoms with van der Waals surface area (Å²) in [6, 6.07) is 1.58. The number of anilines is 1. The number of carbonyl (C=O) groups is 1. The standard InChI is InChI=1S/C10H4ClF5N2O/c11-5-3-4(10(14,15)16)7(12)8(13)9(5)18-6(19)1-2-17/h3H,1H2,(H,18,19).